The van der Waals surface area contributed by atoms with Crippen LogP contribution in [0, 0.1) is 12.8 Å². The number of aryl methyl sites for hydroxylation is 1. The van der Waals surface area contributed by atoms with Gasteiger partial charge in [0, 0.05) is 24.3 Å². The summed E-state index contributed by atoms with van der Waals surface area (Å²) in [5.41, 5.74) is 4.72. The predicted octanol–water partition coefficient (Wildman–Crippen LogP) is 3.56. The molecule has 0 saturated carbocycles. The molecule has 5 nitrogen and oxygen atoms in total. The van der Waals surface area contributed by atoms with E-state index in [2.05, 4.69) is 34.9 Å². The van der Waals surface area contributed by atoms with Crippen molar-refractivity contribution in [2.24, 2.45) is 5.92 Å². The Bertz CT molecular complexity index is 895. The van der Waals surface area contributed by atoms with Crippen LogP contribution in [-0.4, -0.2) is 42.9 Å². The molecule has 1 atom stereocenters. The molecule has 2 aromatic carbocycles. The molecule has 4 rings (SSSR count). The maximum Gasteiger partial charge on any atom is 0.253 e. The van der Waals surface area contributed by atoms with Crippen LogP contribution in [0.5, 0.6) is 0 Å². The number of nitrogens with one attached hydrogen (secondary N) is 2. The monoisotopic (exact) mass is 405 g/mol. The zero-order valence-electron chi connectivity index (χ0n) is 17.7. The second kappa shape index (κ2) is 9.43. The van der Waals surface area contributed by atoms with Gasteiger partial charge in [0.25, 0.3) is 5.91 Å². The van der Waals surface area contributed by atoms with Gasteiger partial charge in [-0.2, -0.15) is 0 Å². The van der Waals surface area contributed by atoms with E-state index in [1.807, 2.05) is 30.0 Å². The third-order valence-corrected chi connectivity index (χ3v) is 6.22. The molecule has 2 aliphatic heterocycles. The molecule has 2 fully saturated rings. The lowest BCUT2D eigenvalue weighted by molar-refractivity contribution is -0.115. The van der Waals surface area contributed by atoms with Crippen molar-refractivity contribution in [3.05, 3.63) is 64.7 Å². The topological polar surface area (TPSA) is 61.4 Å². The third-order valence-electron chi connectivity index (χ3n) is 6.22. The Kier molecular flexibility index (Phi) is 6.48. The Balaban J connectivity index is 1.32. The normalized spacial score (nSPS) is 18.6. The van der Waals surface area contributed by atoms with Gasteiger partial charge in [-0.05, 0) is 86.5 Å². The molecule has 30 heavy (non-hydrogen) atoms. The van der Waals surface area contributed by atoms with E-state index in [0.29, 0.717) is 12.0 Å². The van der Waals surface area contributed by atoms with Gasteiger partial charge in [-0.1, -0.05) is 24.3 Å². The SMILES string of the molecule is Cc1cc(C(=O)N2CCCC2)ccc1NC(=O)Cc1ccc(CC2CCNC2)cc1. The van der Waals surface area contributed by atoms with Gasteiger partial charge in [-0.3, -0.25) is 9.59 Å². The van der Waals surface area contributed by atoms with Gasteiger partial charge >= 0.3 is 0 Å². The smallest absolute Gasteiger partial charge is 0.253 e. The Labute approximate surface area is 178 Å². The maximum atomic E-state index is 12.5. The molecule has 2 aliphatic rings. The lowest BCUT2D eigenvalue weighted by Gasteiger charge is -2.16. The molecule has 0 aliphatic carbocycles. The summed E-state index contributed by atoms with van der Waals surface area (Å²) in [6.45, 7) is 5.84. The average molecular weight is 406 g/mol. The van der Waals surface area contributed by atoms with E-state index < -0.39 is 0 Å². The Morgan fingerprint density at radius 3 is 2.47 bits per heavy atom. The Hall–Kier alpha value is -2.66. The first-order chi connectivity index (χ1) is 14.6. The highest BCUT2D eigenvalue weighted by atomic mass is 16.2. The quantitative estimate of drug-likeness (QED) is 0.772. The standard InChI is InChI=1S/C25H31N3O2/c1-18-14-22(25(30)28-12-2-3-13-28)8-9-23(18)27-24(29)16-20-6-4-19(5-7-20)15-21-10-11-26-17-21/h4-9,14,21,26H,2-3,10-13,15-17H2,1H3,(H,27,29). The van der Waals surface area contributed by atoms with Crippen LogP contribution in [-0.2, 0) is 17.6 Å². The summed E-state index contributed by atoms with van der Waals surface area (Å²) in [4.78, 5) is 27.0. The first kappa shape index (κ1) is 20.6. The zero-order valence-corrected chi connectivity index (χ0v) is 17.7. The molecule has 0 bridgehead atoms. The van der Waals surface area contributed by atoms with Crippen LogP contribution in [0.4, 0.5) is 5.69 Å². The number of benzene rings is 2. The molecule has 0 spiro atoms. The van der Waals surface area contributed by atoms with Crippen LogP contribution in [0.15, 0.2) is 42.5 Å². The molecule has 2 N–H and O–H groups in total. The zero-order chi connectivity index (χ0) is 20.9. The molecule has 2 saturated heterocycles. The molecule has 1 unspecified atom stereocenters. The van der Waals surface area contributed by atoms with Crippen LogP contribution < -0.4 is 10.6 Å². The molecular weight excluding hydrogens is 374 g/mol. The van der Waals surface area contributed by atoms with E-state index in [0.717, 1.165) is 68.2 Å². The van der Waals surface area contributed by atoms with Crippen LogP contribution in [0.2, 0.25) is 0 Å². The number of rotatable bonds is 6. The minimum Gasteiger partial charge on any atom is -0.339 e. The van der Waals surface area contributed by atoms with Crippen LogP contribution in [0.1, 0.15) is 46.3 Å². The number of carbonyl (C=O) groups excluding carboxylic acids is 2. The highest BCUT2D eigenvalue weighted by molar-refractivity contribution is 5.97. The van der Waals surface area contributed by atoms with Crippen LogP contribution >= 0.6 is 0 Å². The summed E-state index contributed by atoms with van der Waals surface area (Å²) in [7, 11) is 0. The van der Waals surface area contributed by atoms with Gasteiger partial charge in [-0.15, -0.1) is 0 Å². The highest BCUT2D eigenvalue weighted by Gasteiger charge is 2.20. The number of nitrogens with zero attached hydrogens (tertiary/aromatic N) is 1. The molecule has 2 heterocycles. The van der Waals surface area contributed by atoms with Crippen molar-refractivity contribution in [2.75, 3.05) is 31.5 Å². The molecule has 0 aromatic heterocycles. The largest absolute Gasteiger partial charge is 0.339 e. The first-order valence-electron chi connectivity index (χ1n) is 11.1. The minimum atomic E-state index is -0.0375. The summed E-state index contributed by atoms with van der Waals surface area (Å²) >= 11 is 0. The van der Waals surface area contributed by atoms with Gasteiger partial charge in [0.15, 0.2) is 0 Å². The fraction of sp³-hybridized carbons (Fsp3) is 0.440. The van der Waals surface area contributed by atoms with Gasteiger partial charge in [0.2, 0.25) is 5.91 Å². The molecule has 0 radical (unpaired) electrons. The summed E-state index contributed by atoms with van der Waals surface area (Å²) in [5, 5.41) is 6.40. The Morgan fingerprint density at radius 2 is 1.80 bits per heavy atom. The van der Waals surface area contributed by atoms with Gasteiger partial charge in [-0.25, -0.2) is 0 Å². The first-order valence-corrected chi connectivity index (χ1v) is 11.1. The maximum absolute atomic E-state index is 12.5. The summed E-state index contributed by atoms with van der Waals surface area (Å²) in [6, 6.07) is 13.9. The molecular formula is C25H31N3O2. The number of amides is 2. The van der Waals surface area contributed by atoms with Crippen molar-refractivity contribution in [3.8, 4) is 0 Å². The van der Waals surface area contributed by atoms with Crippen molar-refractivity contribution in [1.82, 2.24) is 10.2 Å². The van der Waals surface area contributed by atoms with E-state index >= 15 is 0 Å². The van der Waals surface area contributed by atoms with E-state index in [9.17, 15) is 9.59 Å². The van der Waals surface area contributed by atoms with E-state index in [1.165, 1.54) is 12.0 Å². The number of hydrogen-bond donors (Lipinski definition) is 2. The van der Waals surface area contributed by atoms with Gasteiger partial charge in [0.1, 0.15) is 0 Å². The van der Waals surface area contributed by atoms with Crippen molar-refractivity contribution < 1.29 is 9.59 Å². The Morgan fingerprint density at radius 1 is 1.07 bits per heavy atom. The minimum absolute atomic E-state index is 0.0375. The lowest BCUT2D eigenvalue weighted by atomic mass is 9.97. The molecule has 5 heteroatoms. The van der Waals surface area contributed by atoms with Crippen molar-refractivity contribution in [2.45, 2.75) is 39.0 Å². The fourth-order valence-corrected chi connectivity index (χ4v) is 4.43. The summed E-state index contributed by atoms with van der Waals surface area (Å²) in [6.07, 6.45) is 4.85. The average Bonchev–Trinajstić information content (AvgIpc) is 3.45. The highest BCUT2D eigenvalue weighted by Crippen LogP contribution is 2.20. The lowest BCUT2D eigenvalue weighted by Crippen LogP contribution is -2.27. The van der Waals surface area contributed by atoms with Gasteiger partial charge in [0.05, 0.1) is 6.42 Å². The van der Waals surface area contributed by atoms with Crippen molar-refractivity contribution >= 4 is 17.5 Å². The summed E-state index contributed by atoms with van der Waals surface area (Å²) < 4.78 is 0. The van der Waals surface area contributed by atoms with E-state index in [4.69, 9.17) is 0 Å². The number of anilines is 1. The van der Waals surface area contributed by atoms with Crippen molar-refractivity contribution in [1.29, 1.82) is 0 Å². The number of hydrogen-bond acceptors (Lipinski definition) is 3. The fourth-order valence-electron chi connectivity index (χ4n) is 4.43. The second-order valence-corrected chi connectivity index (χ2v) is 8.63. The predicted molar refractivity (Wildman–Crippen MR) is 120 cm³/mol. The van der Waals surface area contributed by atoms with Crippen LogP contribution in [0.25, 0.3) is 0 Å². The van der Waals surface area contributed by atoms with E-state index in [-0.39, 0.29) is 11.8 Å². The second-order valence-electron chi connectivity index (χ2n) is 8.63. The molecule has 2 aromatic rings. The summed E-state index contributed by atoms with van der Waals surface area (Å²) in [5.74, 6) is 0.772. The van der Waals surface area contributed by atoms with Crippen molar-refractivity contribution in [3.63, 3.8) is 0 Å². The third kappa shape index (κ3) is 5.08. The number of likely N-dealkylation sites (tertiary alicyclic amines) is 1. The van der Waals surface area contributed by atoms with Crippen LogP contribution in [0.3, 0.4) is 0 Å². The van der Waals surface area contributed by atoms with Gasteiger partial charge < -0.3 is 15.5 Å². The molecule has 158 valence electrons. The molecule has 2 amide bonds. The van der Waals surface area contributed by atoms with E-state index in [1.54, 1.807) is 0 Å². The number of carbonyl (C=O) groups is 2.